The van der Waals surface area contributed by atoms with Crippen molar-refractivity contribution in [1.29, 1.82) is 0 Å². The molecule has 2 aliphatic rings. The van der Waals surface area contributed by atoms with Crippen molar-refractivity contribution in [3.63, 3.8) is 0 Å². The average Bonchev–Trinajstić information content (AvgIpc) is 3.23. The van der Waals surface area contributed by atoms with Crippen molar-refractivity contribution < 1.29 is 19.1 Å². The molecule has 0 radical (unpaired) electrons. The minimum Gasteiger partial charge on any atom is -0.490 e. The third kappa shape index (κ3) is 3.41. The summed E-state index contributed by atoms with van der Waals surface area (Å²) in [6.45, 7) is 4.33. The Balaban J connectivity index is 1.71. The summed E-state index contributed by atoms with van der Waals surface area (Å²) < 4.78 is 7.61. The van der Waals surface area contributed by atoms with E-state index in [-0.39, 0.29) is 37.4 Å². The van der Waals surface area contributed by atoms with E-state index in [9.17, 15) is 14.4 Å². The van der Waals surface area contributed by atoms with Crippen molar-refractivity contribution >= 4 is 17.7 Å². The van der Waals surface area contributed by atoms with Crippen LogP contribution in [0.3, 0.4) is 0 Å². The van der Waals surface area contributed by atoms with Gasteiger partial charge >= 0.3 is 0 Å². The molecule has 9 nitrogen and oxygen atoms in total. The summed E-state index contributed by atoms with van der Waals surface area (Å²) in [7, 11) is 5.10. The van der Waals surface area contributed by atoms with Crippen molar-refractivity contribution in [3.8, 4) is 5.75 Å². The molecule has 2 atom stereocenters. The van der Waals surface area contributed by atoms with Gasteiger partial charge in [-0.05, 0) is 25.5 Å². The van der Waals surface area contributed by atoms with Gasteiger partial charge in [0.2, 0.25) is 5.91 Å². The predicted octanol–water partition coefficient (Wildman–Crippen LogP) is 1.01. The topological polar surface area (TPSA) is 96.8 Å². The SMILES string of the molecule is CCc1nn(C)c(C(=O)N2C[C@H](C(=O)N(C)C)[C@]3(COc4ccccc4C(=O)N3)C2)c1C. The van der Waals surface area contributed by atoms with Gasteiger partial charge in [0.1, 0.15) is 23.6 Å². The molecule has 0 unspecified atom stereocenters. The molecule has 4 rings (SSSR count). The summed E-state index contributed by atoms with van der Waals surface area (Å²) in [5, 5.41) is 7.51. The second kappa shape index (κ2) is 7.96. The highest BCUT2D eigenvalue weighted by Gasteiger charge is 2.55. The van der Waals surface area contributed by atoms with E-state index in [4.69, 9.17) is 4.74 Å². The van der Waals surface area contributed by atoms with Crippen molar-refractivity contribution in [2.75, 3.05) is 33.8 Å². The fourth-order valence-electron chi connectivity index (χ4n) is 4.75. The zero-order valence-corrected chi connectivity index (χ0v) is 19.1. The monoisotopic (exact) mass is 439 g/mol. The van der Waals surface area contributed by atoms with Crippen LogP contribution in [0.25, 0.3) is 0 Å². The molecule has 2 aromatic rings. The molecular weight excluding hydrogens is 410 g/mol. The fourth-order valence-corrected chi connectivity index (χ4v) is 4.75. The minimum atomic E-state index is -1.03. The van der Waals surface area contributed by atoms with E-state index in [1.807, 2.05) is 13.8 Å². The molecule has 2 aliphatic heterocycles. The second-order valence-corrected chi connectivity index (χ2v) is 8.76. The largest absolute Gasteiger partial charge is 0.490 e. The van der Waals surface area contributed by atoms with E-state index in [0.29, 0.717) is 17.0 Å². The van der Waals surface area contributed by atoms with E-state index in [0.717, 1.165) is 17.7 Å². The van der Waals surface area contributed by atoms with E-state index in [1.165, 1.54) is 4.90 Å². The fraction of sp³-hybridized carbons (Fsp3) is 0.478. The molecule has 0 saturated carbocycles. The summed E-state index contributed by atoms with van der Waals surface area (Å²) in [6.07, 6.45) is 0.723. The van der Waals surface area contributed by atoms with Gasteiger partial charge in [-0.1, -0.05) is 19.1 Å². The summed E-state index contributed by atoms with van der Waals surface area (Å²) >= 11 is 0. The van der Waals surface area contributed by atoms with Gasteiger partial charge < -0.3 is 19.9 Å². The molecule has 1 saturated heterocycles. The Hall–Kier alpha value is -3.36. The molecule has 32 heavy (non-hydrogen) atoms. The van der Waals surface area contributed by atoms with Crippen LogP contribution < -0.4 is 10.1 Å². The van der Waals surface area contributed by atoms with Crippen LogP contribution in [0.2, 0.25) is 0 Å². The first kappa shape index (κ1) is 21.9. The van der Waals surface area contributed by atoms with Gasteiger partial charge in [0, 0.05) is 39.8 Å². The van der Waals surface area contributed by atoms with Crippen LogP contribution in [0, 0.1) is 12.8 Å². The number of rotatable bonds is 3. The molecule has 1 N–H and O–H groups in total. The molecule has 0 bridgehead atoms. The predicted molar refractivity (Wildman–Crippen MR) is 118 cm³/mol. The highest BCUT2D eigenvalue weighted by molar-refractivity contribution is 5.99. The van der Waals surface area contributed by atoms with Crippen LogP contribution in [-0.4, -0.2) is 76.6 Å². The smallest absolute Gasteiger partial charge is 0.272 e. The van der Waals surface area contributed by atoms with E-state index < -0.39 is 11.5 Å². The molecule has 1 aromatic heterocycles. The number of likely N-dealkylation sites (tertiary alicyclic amines) is 1. The van der Waals surface area contributed by atoms with E-state index in [1.54, 1.807) is 55.0 Å². The lowest BCUT2D eigenvalue weighted by Crippen LogP contribution is -2.60. The minimum absolute atomic E-state index is 0.0916. The number of amides is 3. The first-order valence-corrected chi connectivity index (χ1v) is 10.8. The Morgan fingerprint density at radius 2 is 2.03 bits per heavy atom. The normalized spacial score (nSPS) is 22.2. The van der Waals surface area contributed by atoms with Gasteiger partial charge in [-0.15, -0.1) is 0 Å². The molecule has 0 aliphatic carbocycles. The second-order valence-electron chi connectivity index (χ2n) is 8.76. The Kier molecular flexibility index (Phi) is 5.44. The van der Waals surface area contributed by atoms with E-state index >= 15 is 0 Å². The number of nitrogens with one attached hydrogen (secondary N) is 1. The average molecular weight is 440 g/mol. The highest BCUT2D eigenvalue weighted by atomic mass is 16.5. The number of hydrogen-bond acceptors (Lipinski definition) is 5. The molecular formula is C23H29N5O4. The number of para-hydroxylation sites is 1. The van der Waals surface area contributed by atoms with Gasteiger partial charge in [0.05, 0.1) is 17.2 Å². The van der Waals surface area contributed by atoms with Gasteiger partial charge in [-0.2, -0.15) is 5.10 Å². The Morgan fingerprint density at radius 1 is 1.31 bits per heavy atom. The standard InChI is InChI=1S/C23H29N5O4/c1-6-17-14(2)19(27(5)25-17)22(31)28-11-16(21(30)26(3)4)23(12-28)13-32-18-10-8-7-9-15(18)20(29)24-23/h7-10,16H,6,11-13H2,1-5H3,(H,24,29)/t16-,23-/m1/s1. The lowest BCUT2D eigenvalue weighted by atomic mass is 9.86. The number of nitrogens with zero attached hydrogens (tertiary/aromatic N) is 4. The molecule has 1 aromatic carbocycles. The summed E-state index contributed by atoms with van der Waals surface area (Å²) in [5.41, 5.74) is 1.59. The van der Waals surface area contributed by atoms with Gasteiger partial charge in [0.25, 0.3) is 11.8 Å². The zero-order valence-electron chi connectivity index (χ0n) is 19.1. The Bertz CT molecular complexity index is 1090. The number of aromatic nitrogens is 2. The number of benzene rings is 1. The zero-order chi connectivity index (χ0) is 23.2. The van der Waals surface area contributed by atoms with Crippen LogP contribution in [-0.2, 0) is 18.3 Å². The third-order valence-corrected chi connectivity index (χ3v) is 6.47. The number of hydrogen-bond donors (Lipinski definition) is 1. The third-order valence-electron chi connectivity index (χ3n) is 6.47. The quantitative estimate of drug-likeness (QED) is 0.770. The summed E-state index contributed by atoms with van der Waals surface area (Å²) in [4.78, 5) is 42.9. The maximum absolute atomic E-state index is 13.6. The lowest BCUT2D eigenvalue weighted by molar-refractivity contribution is -0.134. The lowest BCUT2D eigenvalue weighted by Gasteiger charge is -2.33. The molecule has 1 fully saturated rings. The Labute approximate surface area is 187 Å². The number of fused-ring (bicyclic) bond motifs is 1. The van der Waals surface area contributed by atoms with Gasteiger partial charge in [-0.25, -0.2) is 0 Å². The maximum Gasteiger partial charge on any atom is 0.272 e. The number of aryl methyl sites for hydroxylation is 2. The highest BCUT2D eigenvalue weighted by Crippen LogP contribution is 2.35. The van der Waals surface area contributed by atoms with Crippen molar-refractivity contribution in [2.24, 2.45) is 13.0 Å². The van der Waals surface area contributed by atoms with Gasteiger partial charge in [0.15, 0.2) is 0 Å². The summed E-state index contributed by atoms with van der Waals surface area (Å²) in [5.74, 6) is -0.849. The van der Waals surface area contributed by atoms with Crippen molar-refractivity contribution in [2.45, 2.75) is 25.8 Å². The van der Waals surface area contributed by atoms with Crippen LogP contribution in [0.15, 0.2) is 24.3 Å². The molecule has 3 heterocycles. The maximum atomic E-state index is 13.6. The Morgan fingerprint density at radius 3 is 2.69 bits per heavy atom. The molecule has 1 spiro atoms. The molecule has 9 heteroatoms. The van der Waals surface area contributed by atoms with Crippen molar-refractivity contribution in [1.82, 2.24) is 24.9 Å². The van der Waals surface area contributed by atoms with Crippen LogP contribution in [0.1, 0.15) is 39.0 Å². The molecule has 170 valence electrons. The van der Waals surface area contributed by atoms with Crippen LogP contribution in [0.4, 0.5) is 0 Å². The first-order valence-electron chi connectivity index (χ1n) is 10.8. The van der Waals surface area contributed by atoms with Crippen molar-refractivity contribution in [3.05, 3.63) is 46.8 Å². The first-order chi connectivity index (χ1) is 15.2. The van der Waals surface area contributed by atoms with Crippen LogP contribution in [0.5, 0.6) is 5.75 Å². The molecule has 3 amide bonds. The van der Waals surface area contributed by atoms with Gasteiger partial charge in [-0.3, -0.25) is 19.1 Å². The summed E-state index contributed by atoms with van der Waals surface area (Å²) in [6, 6.07) is 6.99. The van der Waals surface area contributed by atoms with Crippen LogP contribution >= 0.6 is 0 Å². The van der Waals surface area contributed by atoms with E-state index in [2.05, 4.69) is 10.4 Å². The number of carbonyl (C=O) groups excluding carboxylic acids is 3. The number of carbonyl (C=O) groups is 3. The number of ether oxygens (including phenoxy) is 1.